The van der Waals surface area contributed by atoms with Gasteiger partial charge in [-0.1, -0.05) is 0 Å². The van der Waals surface area contributed by atoms with E-state index in [9.17, 15) is 14.0 Å². The van der Waals surface area contributed by atoms with Crippen molar-refractivity contribution in [3.63, 3.8) is 0 Å². The van der Waals surface area contributed by atoms with Gasteiger partial charge >= 0.3 is 5.97 Å². The number of hydrogen-bond donors (Lipinski definition) is 1. The molecule has 0 atom stereocenters. The zero-order valence-corrected chi connectivity index (χ0v) is 11.7. The largest absolute Gasteiger partial charge is 0.481 e. The van der Waals surface area contributed by atoms with Crippen LogP contribution in [0, 0.1) is 5.82 Å². The minimum absolute atomic E-state index is 0.0370. The van der Waals surface area contributed by atoms with Gasteiger partial charge in [0.15, 0.2) is 0 Å². The van der Waals surface area contributed by atoms with E-state index in [1.54, 1.807) is 19.2 Å². The second-order valence-electron chi connectivity index (χ2n) is 4.52. The highest BCUT2D eigenvalue weighted by Crippen LogP contribution is 2.27. The van der Waals surface area contributed by atoms with Crippen molar-refractivity contribution in [3.05, 3.63) is 35.0 Å². The van der Waals surface area contributed by atoms with Gasteiger partial charge < -0.3 is 10.0 Å². The molecule has 6 heteroatoms. The van der Waals surface area contributed by atoms with Crippen molar-refractivity contribution in [2.75, 3.05) is 13.6 Å². The summed E-state index contributed by atoms with van der Waals surface area (Å²) in [6, 6.07) is 6.08. The van der Waals surface area contributed by atoms with Crippen LogP contribution in [0.1, 0.15) is 22.5 Å². The lowest BCUT2D eigenvalue weighted by molar-refractivity contribution is -0.137. The maximum absolute atomic E-state index is 13.1. The van der Waals surface area contributed by atoms with Crippen molar-refractivity contribution in [1.82, 2.24) is 4.90 Å². The maximum atomic E-state index is 13.1. The van der Waals surface area contributed by atoms with Crippen LogP contribution in [0.4, 0.5) is 4.39 Å². The van der Waals surface area contributed by atoms with Crippen LogP contribution >= 0.6 is 11.3 Å². The number of carbonyl (C=O) groups is 2. The molecule has 0 saturated heterocycles. The van der Waals surface area contributed by atoms with E-state index in [-0.39, 0.29) is 18.1 Å². The summed E-state index contributed by atoms with van der Waals surface area (Å²) in [7, 11) is 1.63. The van der Waals surface area contributed by atoms with Crippen LogP contribution in [0.15, 0.2) is 24.3 Å². The smallest absolute Gasteiger partial charge is 0.303 e. The van der Waals surface area contributed by atoms with Crippen LogP contribution in [-0.4, -0.2) is 35.5 Å². The Morgan fingerprint density at radius 1 is 1.35 bits per heavy atom. The molecule has 4 nitrogen and oxygen atoms in total. The zero-order valence-electron chi connectivity index (χ0n) is 10.9. The van der Waals surface area contributed by atoms with Gasteiger partial charge in [-0.15, -0.1) is 11.3 Å². The maximum Gasteiger partial charge on any atom is 0.303 e. The number of amides is 1. The fourth-order valence-electron chi connectivity index (χ4n) is 1.88. The summed E-state index contributed by atoms with van der Waals surface area (Å²) in [5.41, 5.74) is 0. The van der Waals surface area contributed by atoms with E-state index in [1.807, 2.05) is 0 Å². The van der Waals surface area contributed by atoms with Crippen LogP contribution in [0.5, 0.6) is 0 Å². The number of benzene rings is 1. The average molecular weight is 295 g/mol. The molecule has 1 heterocycles. The highest BCUT2D eigenvalue weighted by molar-refractivity contribution is 7.20. The molecule has 0 fully saturated rings. The number of aliphatic carboxylic acids is 1. The Morgan fingerprint density at radius 3 is 2.80 bits per heavy atom. The van der Waals surface area contributed by atoms with E-state index in [0.29, 0.717) is 23.2 Å². The summed E-state index contributed by atoms with van der Waals surface area (Å²) in [6.07, 6.45) is 0.451. The van der Waals surface area contributed by atoms with Crippen molar-refractivity contribution in [2.24, 2.45) is 0 Å². The SMILES string of the molecule is CN(CCCC(=O)O)C(=O)c1cc2cc(F)ccc2s1. The van der Waals surface area contributed by atoms with E-state index in [1.165, 1.54) is 28.4 Å². The monoisotopic (exact) mass is 295 g/mol. The number of fused-ring (bicyclic) bond motifs is 1. The van der Waals surface area contributed by atoms with Crippen LogP contribution in [-0.2, 0) is 4.79 Å². The third-order valence-corrected chi connectivity index (χ3v) is 4.02. The highest BCUT2D eigenvalue weighted by Gasteiger charge is 2.15. The van der Waals surface area contributed by atoms with Crippen molar-refractivity contribution in [2.45, 2.75) is 12.8 Å². The summed E-state index contributed by atoms with van der Waals surface area (Å²) in [5, 5.41) is 9.27. The number of rotatable bonds is 5. The Hall–Kier alpha value is -1.95. The zero-order chi connectivity index (χ0) is 14.7. The van der Waals surface area contributed by atoms with Crippen LogP contribution < -0.4 is 0 Å². The quantitative estimate of drug-likeness (QED) is 0.922. The topological polar surface area (TPSA) is 57.6 Å². The van der Waals surface area contributed by atoms with Crippen LogP contribution in [0.3, 0.4) is 0 Å². The molecule has 0 unspecified atom stereocenters. The van der Waals surface area contributed by atoms with E-state index in [0.717, 1.165) is 4.70 Å². The number of nitrogens with zero attached hydrogens (tertiary/aromatic N) is 1. The molecule has 1 aromatic heterocycles. The highest BCUT2D eigenvalue weighted by atomic mass is 32.1. The van der Waals surface area contributed by atoms with Gasteiger partial charge in [-0.3, -0.25) is 9.59 Å². The number of carboxylic acid groups (broad SMARTS) is 1. The number of thiophene rings is 1. The minimum Gasteiger partial charge on any atom is -0.481 e. The summed E-state index contributed by atoms with van der Waals surface area (Å²) in [5.74, 6) is -1.37. The van der Waals surface area contributed by atoms with Crippen molar-refractivity contribution in [1.29, 1.82) is 0 Å². The lowest BCUT2D eigenvalue weighted by Gasteiger charge is -2.15. The number of carbonyl (C=O) groups excluding carboxylic acids is 1. The molecule has 1 amide bonds. The first kappa shape index (κ1) is 14.5. The Kier molecular flexibility index (Phi) is 4.34. The number of halogens is 1. The Labute approximate surface area is 119 Å². The fraction of sp³-hybridized carbons (Fsp3) is 0.286. The lowest BCUT2D eigenvalue weighted by Crippen LogP contribution is -2.27. The molecule has 20 heavy (non-hydrogen) atoms. The molecule has 0 aliphatic rings. The van der Waals surface area contributed by atoms with Gasteiger partial charge in [0.1, 0.15) is 5.82 Å². The third-order valence-electron chi connectivity index (χ3n) is 2.92. The second kappa shape index (κ2) is 6.00. The third kappa shape index (κ3) is 3.33. The first-order chi connectivity index (χ1) is 9.47. The number of carboxylic acids is 1. The van der Waals surface area contributed by atoms with Gasteiger partial charge in [0.25, 0.3) is 5.91 Å². The molecule has 0 radical (unpaired) electrons. The van der Waals surface area contributed by atoms with Crippen LogP contribution in [0.2, 0.25) is 0 Å². The first-order valence-corrected chi connectivity index (χ1v) is 6.95. The molecular formula is C14H14FNO3S. The first-order valence-electron chi connectivity index (χ1n) is 6.14. The summed E-state index contributed by atoms with van der Waals surface area (Å²) in [4.78, 5) is 24.6. The molecule has 2 aromatic rings. The molecule has 1 N–H and O–H groups in total. The Morgan fingerprint density at radius 2 is 2.10 bits per heavy atom. The summed E-state index contributed by atoms with van der Waals surface area (Å²) < 4.78 is 14.0. The molecule has 0 bridgehead atoms. The average Bonchev–Trinajstić information content (AvgIpc) is 2.80. The molecule has 1 aromatic carbocycles. The van der Waals surface area contributed by atoms with Gasteiger partial charge in [0, 0.05) is 24.7 Å². The van der Waals surface area contributed by atoms with Gasteiger partial charge in [-0.2, -0.15) is 0 Å². The van der Waals surface area contributed by atoms with E-state index in [4.69, 9.17) is 5.11 Å². The van der Waals surface area contributed by atoms with E-state index < -0.39 is 5.97 Å². The summed E-state index contributed by atoms with van der Waals surface area (Å²) in [6.45, 7) is 0.383. The van der Waals surface area contributed by atoms with Gasteiger partial charge in [-0.05, 0) is 36.1 Å². The standard InChI is InChI=1S/C14H14FNO3S/c1-16(6-2-3-13(17)18)14(19)12-8-9-7-10(15)4-5-11(9)20-12/h4-5,7-8H,2-3,6H2,1H3,(H,17,18). The molecule has 2 rings (SSSR count). The Balaban J connectivity index is 2.08. The van der Waals surface area contributed by atoms with Crippen LogP contribution in [0.25, 0.3) is 10.1 Å². The summed E-state index contributed by atoms with van der Waals surface area (Å²) >= 11 is 1.31. The van der Waals surface area contributed by atoms with Crippen molar-refractivity contribution >= 4 is 33.3 Å². The number of hydrogen-bond acceptors (Lipinski definition) is 3. The molecule has 0 aliphatic carbocycles. The predicted octanol–water partition coefficient (Wildman–Crippen LogP) is 2.98. The fourth-order valence-corrected chi connectivity index (χ4v) is 2.91. The van der Waals surface area contributed by atoms with E-state index >= 15 is 0 Å². The Bertz CT molecular complexity index is 653. The minimum atomic E-state index is -0.872. The van der Waals surface area contributed by atoms with E-state index in [2.05, 4.69) is 0 Å². The molecule has 0 aliphatic heterocycles. The lowest BCUT2D eigenvalue weighted by atomic mass is 10.2. The van der Waals surface area contributed by atoms with Crippen molar-refractivity contribution in [3.8, 4) is 0 Å². The molecule has 106 valence electrons. The van der Waals surface area contributed by atoms with Gasteiger partial charge in [0.05, 0.1) is 4.88 Å². The molecular weight excluding hydrogens is 281 g/mol. The van der Waals surface area contributed by atoms with Gasteiger partial charge in [0.2, 0.25) is 0 Å². The molecule has 0 saturated carbocycles. The second-order valence-corrected chi connectivity index (χ2v) is 5.60. The normalized spacial score (nSPS) is 10.7. The predicted molar refractivity (Wildman–Crippen MR) is 75.6 cm³/mol. The van der Waals surface area contributed by atoms with Crippen molar-refractivity contribution < 1.29 is 19.1 Å². The molecule has 0 spiro atoms. The van der Waals surface area contributed by atoms with Gasteiger partial charge in [-0.25, -0.2) is 4.39 Å².